The predicted octanol–water partition coefficient (Wildman–Crippen LogP) is 3.01. The molecular weight excluding hydrogens is 290 g/mol. The van der Waals surface area contributed by atoms with Crippen molar-refractivity contribution in [2.45, 2.75) is 13.0 Å². The molecule has 0 unspecified atom stereocenters. The lowest BCUT2D eigenvalue weighted by atomic mass is 10.2. The Morgan fingerprint density at radius 3 is 2.95 bits per heavy atom. The second-order valence-corrected chi connectivity index (χ2v) is 4.59. The van der Waals surface area contributed by atoms with Crippen LogP contribution in [-0.2, 0) is 4.79 Å². The number of nitriles is 1. The zero-order valence-electron chi connectivity index (χ0n) is 11.2. The molecule has 1 atom stereocenters. The van der Waals surface area contributed by atoms with Crippen molar-refractivity contribution in [3.8, 4) is 11.8 Å². The Morgan fingerprint density at radius 1 is 1.43 bits per heavy atom. The van der Waals surface area contributed by atoms with Crippen LogP contribution in [0.1, 0.15) is 12.5 Å². The normalized spacial score (nSPS) is 11.3. The van der Waals surface area contributed by atoms with E-state index in [1.807, 2.05) is 6.07 Å². The van der Waals surface area contributed by atoms with Crippen molar-refractivity contribution in [1.82, 2.24) is 4.98 Å². The van der Waals surface area contributed by atoms with Crippen LogP contribution >= 0.6 is 11.6 Å². The number of benzene rings is 1. The molecule has 1 heterocycles. The SMILES string of the molecule is C[C@@H](Oc1cccc(C#N)c1)C(=O)Nc1cccnc1Cl. The Bertz CT molecular complexity index is 697. The van der Waals surface area contributed by atoms with Crippen LogP contribution in [0, 0.1) is 11.3 Å². The maximum absolute atomic E-state index is 12.0. The van der Waals surface area contributed by atoms with Gasteiger partial charge in [-0.25, -0.2) is 4.98 Å². The summed E-state index contributed by atoms with van der Waals surface area (Å²) in [6.07, 6.45) is 0.793. The molecule has 0 fully saturated rings. The number of carbonyl (C=O) groups excluding carboxylic acids is 1. The number of rotatable bonds is 4. The van der Waals surface area contributed by atoms with E-state index in [9.17, 15) is 4.79 Å². The second-order valence-electron chi connectivity index (χ2n) is 4.23. The fourth-order valence-corrected chi connectivity index (χ4v) is 1.78. The molecule has 0 aliphatic rings. The van der Waals surface area contributed by atoms with Gasteiger partial charge in [-0.05, 0) is 37.3 Å². The quantitative estimate of drug-likeness (QED) is 0.881. The Morgan fingerprint density at radius 2 is 2.24 bits per heavy atom. The molecule has 0 bridgehead atoms. The highest BCUT2D eigenvalue weighted by Crippen LogP contribution is 2.19. The zero-order chi connectivity index (χ0) is 15.2. The van der Waals surface area contributed by atoms with Gasteiger partial charge in [0.2, 0.25) is 0 Å². The first-order valence-corrected chi connectivity index (χ1v) is 6.56. The van der Waals surface area contributed by atoms with Gasteiger partial charge in [-0.1, -0.05) is 17.7 Å². The number of hydrogen-bond acceptors (Lipinski definition) is 4. The summed E-state index contributed by atoms with van der Waals surface area (Å²) >= 11 is 5.87. The third-order valence-corrected chi connectivity index (χ3v) is 2.96. The van der Waals surface area contributed by atoms with Crippen LogP contribution in [0.15, 0.2) is 42.6 Å². The van der Waals surface area contributed by atoms with Crippen LogP contribution in [0.4, 0.5) is 5.69 Å². The van der Waals surface area contributed by atoms with Crippen molar-refractivity contribution < 1.29 is 9.53 Å². The summed E-state index contributed by atoms with van der Waals surface area (Å²) in [5.74, 6) is 0.0984. The van der Waals surface area contributed by atoms with Gasteiger partial charge >= 0.3 is 0 Å². The number of halogens is 1. The second kappa shape index (κ2) is 6.73. The van der Waals surface area contributed by atoms with Crippen molar-refractivity contribution in [3.05, 3.63) is 53.3 Å². The minimum absolute atomic E-state index is 0.213. The number of anilines is 1. The van der Waals surface area contributed by atoms with Gasteiger partial charge in [-0.15, -0.1) is 0 Å². The first-order chi connectivity index (χ1) is 10.1. The highest BCUT2D eigenvalue weighted by molar-refractivity contribution is 6.32. The van der Waals surface area contributed by atoms with E-state index in [-0.39, 0.29) is 11.1 Å². The maximum atomic E-state index is 12.0. The first-order valence-electron chi connectivity index (χ1n) is 6.18. The van der Waals surface area contributed by atoms with E-state index < -0.39 is 6.10 Å². The molecule has 6 heteroatoms. The molecule has 0 radical (unpaired) electrons. The van der Waals surface area contributed by atoms with E-state index in [0.29, 0.717) is 17.0 Å². The number of pyridine rings is 1. The third-order valence-electron chi connectivity index (χ3n) is 2.66. The summed E-state index contributed by atoms with van der Waals surface area (Å²) < 4.78 is 5.50. The molecule has 0 saturated heterocycles. The molecule has 0 saturated carbocycles. The Labute approximate surface area is 127 Å². The topological polar surface area (TPSA) is 75.0 Å². The van der Waals surface area contributed by atoms with Gasteiger partial charge in [0.15, 0.2) is 11.3 Å². The summed E-state index contributed by atoms with van der Waals surface area (Å²) in [6.45, 7) is 1.61. The number of amides is 1. The van der Waals surface area contributed by atoms with Crippen LogP contribution in [0.5, 0.6) is 5.75 Å². The highest BCUT2D eigenvalue weighted by Gasteiger charge is 2.16. The molecule has 2 aromatic rings. The number of nitrogens with one attached hydrogen (secondary N) is 1. The summed E-state index contributed by atoms with van der Waals surface area (Å²) in [5, 5.41) is 11.7. The molecule has 0 spiro atoms. The molecule has 106 valence electrons. The lowest BCUT2D eigenvalue weighted by Gasteiger charge is -2.15. The van der Waals surface area contributed by atoms with Gasteiger partial charge in [0.05, 0.1) is 17.3 Å². The van der Waals surface area contributed by atoms with E-state index in [1.54, 1.807) is 43.3 Å². The Kier molecular flexibility index (Phi) is 4.75. The van der Waals surface area contributed by atoms with Crippen molar-refractivity contribution in [3.63, 3.8) is 0 Å². The standard InChI is InChI=1S/C15H12ClN3O2/c1-10(21-12-5-2-4-11(8-12)9-17)15(20)19-13-6-3-7-18-14(13)16/h2-8,10H,1H3,(H,19,20)/t10-/m1/s1. The lowest BCUT2D eigenvalue weighted by Crippen LogP contribution is -2.30. The Hall–Kier alpha value is -2.58. The van der Waals surface area contributed by atoms with Gasteiger partial charge in [0.25, 0.3) is 5.91 Å². The molecule has 0 aliphatic heterocycles. The predicted molar refractivity (Wildman–Crippen MR) is 79.1 cm³/mol. The number of nitrogens with zero attached hydrogens (tertiary/aromatic N) is 2. The van der Waals surface area contributed by atoms with Crippen LogP contribution in [0.25, 0.3) is 0 Å². The van der Waals surface area contributed by atoms with Crippen molar-refractivity contribution in [2.24, 2.45) is 0 Å². The van der Waals surface area contributed by atoms with Gasteiger partial charge in [0.1, 0.15) is 5.75 Å². The van der Waals surface area contributed by atoms with Gasteiger partial charge in [0, 0.05) is 6.20 Å². The number of hydrogen-bond donors (Lipinski definition) is 1. The molecule has 2 rings (SSSR count). The van der Waals surface area contributed by atoms with E-state index in [4.69, 9.17) is 21.6 Å². The molecule has 21 heavy (non-hydrogen) atoms. The van der Waals surface area contributed by atoms with E-state index in [2.05, 4.69) is 10.3 Å². The van der Waals surface area contributed by atoms with Crippen molar-refractivity contribution >= 4 is 23.2 Å². The van der Waals surface area contributed by atoms with E-state index in [0.717, 1.165) is 0 Å². The molecular formula is C15H12ClN3O2. The van der Waals surface area contributed by atoms with Gasteiger partial charge in [-0.2, -0.15) is 5.26 Å². The smallest absolute Gasteiger partial charge is 0.265 e. The van der Waals surface area contributed by atoms with Crippen molar-refractivity contribution in [2.75, 3.05) is 5.32 Å². The van der Waals surface area contributed by atoms with Crippen LogP contribution < -0.4 is 10.1 Å². The van der Waals surface area contributed by atoms with Crippen LogP contribution in [0.3, 0.4) is 0 Å². The average molecular weight is 302 g/mol. The van der Waals surface area contributed by atoms with Gasteiger partial charge in [-0.3, -0.25) is 4.79 Å². The summed E-state index contributed by atoms with van der Waals surface area (Å²) in [6, 6.07) is 11.9. The molecule has 0 aliphatic carbocycles. The molecule has 1 N–H and O–H groups in total. The number of ether oxygens (including phenoxy) is 1. The average Bonchev–Trinajstić information content (AvgIpc) is 2.49. The first kappa shape index (κ1) is 14.8. The number of aromatic nitrogens is 1. The largest absolute Gasteiger partial charge is 0.481 e. The molecule has 1 aromatic heterocycles. The monoisotopic (exact) mass is 301 g/mol. The van der Waals surface area contributed by atoms with E-state index in [1.165, 1.54) is 6.20 Å². The molecule has 1 amide bonds. The summed E-state index contributed by atoms with van der Waals surface area (Å²) in [7, 11) is 0. The lowest BCUT2D eigenvalue weighted by molar-refractivity contribution is -0.122. The van der Waals surface area contributed by atoms with Crippen LogP contribution in [0.2, 0.25) is 5.15 Å². The van der Waals surface area contributed by atoms with E-state index >= 15 is 0 Å². The maximum Gasteiger partial charge on any atom is 0.265 e. The number of carbonyl (C=O) groups is 1. The fraction of sp³-hybridized carbons (Fsp3) is 0.133. The highest BCUT2D eigenvalue weighted by atomic mass is 35.5. The van der Waals surface area contributed by atoms with Crippen LogP contribution in [-0.4, -0.2) is 17.0 Å². The van der Waals surface area contributed by atoms with Gasteiger partial charge < -0.3 is 10.1 Å². The summed E-state index contributed by atoms with van der Waals surface area (Å²) in [4.78, 5) is 15.9. The minimum atomic E-state index is -0.741. The Balaban J connectivity index is 2.03. The zero-order valence-corrected chi connectivity index (χ0v) is 12.0. The molecule has 5 nitrogen and oxygen atoms in total. The van der Waals surface area contributed by atoms with Crippen molar-refractivity contribution in [1.29, 1.82) is 5.26 Å². The summed E-state index contributed by atoms with van der Waals surface area (Å²) in [5.41, 5.74) is 0.890. The fourth-order valence-electron chi connectivity index (χ4n) is 1.61. The molecule has 1 aromatic carbocycles. The minimum Gasteiger partial charge on any atom is -0.481 e. The third kappa shape index (κ3) is 3.94.